The number of aromatic nitrogens is 3. The summed E-state index contributed by atoms with van der Waals surface area (Å²) in [5.41, 5.74) is 8.94. The van der Waals surface area contributed by atoms with Gasteiger partial charge in [0.15, 0.2) is 0 Å². The standard InChI is InChI=1S/C20H35N3O4.C19H23N3OS.C8H12O2/c1-6-7-8-9-10-11-15(22-19(26)27-20(3,4)5)18(25)23-13-12-14(2)16(23)17(21)24;1-12(2)22-16-10-6-9-14(17(16)21-19(22)23)18-20-15(11-24-18)13-7-4-3-5-8-13;1-3-6-5-7(6)8(9)10-4-2/h6,14-16H,1,7-13H2,2-5H3,(H2,21,24)(H,22,26);6,9-13H,3-5,7-8H2,1-2H3,(H,21,23);3,6-7H,1,4-5H2,2H3/t14?,15-,16?;;/m0../s1. The number of rotatable bonds is 15. The zero-order chi connectivity index (χ0) is 44.9. The van der Waals surface area contributed by atoms with Crippen LogP contribution in [0, 0.1) is 17.8 Å². The van der Waals surface area contributed by atoms with Crippen LogP contribution in [-0.4, -0.2) is 74.1 Å². The van der Waals surface area contributed by atoms with E-state index >= 15 is 0 Å². The van der Waals surface area contributed by atoms with Gasteiger partial charge < -0.3 is 30.4 Å². The quantitative estimate of drug-likeness (QED) is 0.0769. The lowest BCUT2D eigenvalue weighted by Crippen LogP contribution is -2.54. The van der Waals surface area contributed by atoms with Gasteiger partial charge in [0, 0.05) is 29.4 Å². The molecular weight excluding hydrogens is 793 g/mol. The lowest BCUT2D eigenvalue weighted by atomic mass is 9.87. The van der Waals surface area contributed by atoms with Gasteiger partial charge in [0.05, 0.1) is 29.3 Å². The minimum atomic E-state index is -0.726. The van der Waals surface area contributed by atoms with Gasteiger partial charge in [-0.15, -0.1) is 24.5 Å². The molecular formula is C47H70N6O7S. The smallest absolute Gasteiger partial charge is 0.408 e. The highest BCUT2D eigenvalue weighted by atomic mass is 32.1. The number of primary amides is 1. The Hall–Kier alpha value is -4.72. The molecule has 4 N–H and O–H groups in total. The summed E-state index contributed by atoms with van der Waals surface area (Å²) in [6.45, 7) is 21.4. The number of H-pyrrole nitrogens is 1. The number of imidazole rings is 1. The number of alkyl carbamates (subject to hydrolysis) is 1. The molecule has 0 bridgehead atoms. The summed E-state index contributed by atoms with van der Waals surface area (Å²) in [5, 5.41) is 5.91. The first-order chi connectivity index (χ1) is 29.0. The van der Waals surface area contributed by atoms with E-state index in [1.165, 1.54) is 42.7 Å². The number of nitrogens with zero attached hydrogens (tertiary/aromatic N) is 3. The van der Waals surface area contributed by atoms with E-state index in [1.54, 1.807) is 32.1 Å². The minimum absolute atomic E-state index is 0.0150. The van der Waals surface area contributed by atoms with Crippen LogP contribution in [0.5, 0.6) is 0 Å². The molecule has 14 heteroatoms. The Morgan fingerprint density at radius 2 is 1.80 bits per heavy atom. The fourth-order valence-corrected chi connectivity index (χ4v) is 9.11. The molecule has 2 aliphatic carbocycles. The van der Waals surface area contributed by atoms with E-state index in [9.17, 15) is 24.0 Å². The summed E-state index contributed by atoms with van der Waals surface area (Å²) in [6.07, 6.45) is 15.3. The Kier molecular flexibility index (Phi) is 18.4. The molecule has 3 fully saturated rings. The van der Waals surface area contributed by atoms with Crippen molar-refractivity contribution in [3.8, 4) is 10.6 Å². The summed E-state index contributed by atoms with van der Waals surface area (Å²) in [5.74, 6) is 0.306. The number of aromatic amines is 1. The fourth-order valence-electron chi connectivity index (χ4n) is 8.18. The van der Waals surface area contributed by atoms with Crippen LogP contribution < -0.4 is 16.7 Å². The Bertz CT molecular complexity index is 2000. The zero-order valence-corrected chi connectivity index (χ0v) is 38.3. The number of amides is 3. The molecule has 0 spiro atoms. The monoisotopic (exact) mass is 863 g/mol. The Balaban J connectivity index is 0.000000220. The summed E-state index contributed by atoms with van der Waals surface area (Å²) < 4.78 is 11.9. The van der Waals surface area contributed by atoms with E-state index in [4.69, 9.17) is 20.2 Å². The van der Waals surface area contributed by atoms with E-state index in [0.29, 0.717) is 31.4 Å². The van der Waals surface area contributed by atoms with Crippen LogP contribution >= 0.6 is 11.3 Å². The van der Waals surface area contributed by atoms with Gasteiger partial charge >= 0.3 is 17.8 Å². The highest BCUT2D eigenvalue weighted by Crippen LogP contribution is 2.40. The third-order valence-corrected chi connectivity index (χ3v) is 12.3. The van der Waals surface area contributed by atoms with Crippen molar-refractivity contribution in [2.45, 2.75) is 155 Å². The van der Waals surface area contributed by atoms with Gasteiger partial charge in [-0.1, -0.05) is 57.2 Å². The van der Waals surface area contributed by atoms with Crippen LogP contribution in [-0.2, 0) is 23.9 Å². The third kappa shape index (κ3) is 13.9. The predicted octanol–water partition coefficient (Wildman–Crippen LogP) is 9.19. The lowest BCUT2D eigenvalue weighted by Gasteiger charge is -2.29. The number of hydrogen-bond donors (Lipinski definition) is 3. The van der Waals surface area contributed by atoms with Gasteiger partial charge in [-0.25, -0.2) is 14.6 Å². The third-order valence-electron chi connectivity index (χ3n) is 11.4. The summed E-state index contributed by atoms with van der Waals surface area (Å²) in [6, 6.07) is 4.87. The van der Waals surface area contributed by atoms with Crippen LogP contribution in [0.3, 0.4) is 0 Å². The number of unbranched alkanes of at least 4 members (excludes halogenated alkanes) is 3. The average molecular weight is 863 g/mol. The number of ether oxygens (including phenoxy) is 2. The number of hydrogen-bond acceptors (Lipinski definition) is 9. The molecule has 336 valence electrons. The first-order valence-corrected chi connectivity index (χ1v) is 23.1. The molecule has 2 aromatic heterocycles. The van der Waals surface area contributed by atoms with Gasteiger partial charge in [0.2, 0.25) is 11.8 Å². The van der Waals surface area contributed by atoms with Crippen LogP contribution in [0.25, 0.3) is 21.6 Å². The Morgan fingerprint density at radius 1 is 1.08 bits per heavy atom. The number of para-hydroxylation sites is 1. The molecule has 3 aromatic rings. The lowest BCUT2D eigenvalue weighted by molar-refractivity contribution is -0.144. The van der Waals surface area contributed by atoms with Gasteiger partial charge in [-0.2, -0.15) is 0 Å². The van der Waals surface area contributed by atoms with E-state index in [2.05, 4.69) is 34.9 Å². The molecule has 0 radical (unpaired) electrons. The van der Waals surface area contributed by atoms with Crippen LogP contribution in [0.15, 0.2) is 53.7 Å². The van der Waals surface area contributed by atoms with E-state index in [0.717, 1.165) is 60.1 Å². The molecule has 4 unspecified atom stereocenters. The van der Waals surface area contributed by atoms with Gasteiger partial charge in [0.25, 0.3) is 0 Å². The van der Waals surface area contributed by atoms with Crippen molar-refractivity contribution in [2.24, 2.45) is 23.5 Å². The first-order valence-electron chi connectivity index (χ1n) is 22.2. The first kappa shape index (κ1) is 48.9. The van der Waals surface area contributed by atoms with Crippen molar-refractivity contribution < 1.29 is 28.7 Å². The summed E-state index contributed by atoms with van der Waals surface area (Å²) >= 11 is 1.69. The molecule has 13 nitrogen and oxygen atoms in total. The molecule has 1 aliphatic heterocycles. The predicted molar refractivity (Wildman–Crippen MR) is 243 cm³/mol. The highest BCUT2D eigenvalue weighted by Gasteiger charge is 2.42. The molecule has 3 amide bonds. The fraction of sp³-hybridized carbons (Fsp3) is 0.617. The zero-order valence-electron chi connectivity index (χ0n) is 37.5. The summed E-state index contributed by atoms with van der Waals surface area (Å²) in [4.78, 5) is 69.7. The Labute approximate surface area is 365 Å². The number of benzene rings is 1. The van der Waals surface area contributed by atoms with Gasteiger partial charge in [-0.3, -0.25) is 19.0 Å². The number of allylic oxidation sites excluding steroid dienone is 2. The number of thiazole rings is 1. The second-order valence-electron chi connectivity index (χ2n) is 17.8. The molecule has 1 aromatic carbocycles. The van der Waals surface area contributed by atoms with Crippen molar-refractivity contribution in [2.75, 3.05) is 13.2 Å². The number of likely N-dealkylation sites (tertiary alicyclic amines) is 1. The molecule has 5 atom stereocenters. The maximum absolute atomic E-state index is 13.1. The maximum atomic E-state index is 13.1. The van der Waals surface area contributed by atoms with Crippen LogP contribution in [0.4, 0.5) is 4.79 Å². The van der Waals surface area contributed by atoms with E-state index in [1.807, 2.05) is 56.5 Å². The minimum Gasteiger partial charge on any atom is -0.466 e. The van der Waals surface area contributed by atoms with Crippen molar-refractivity contribution in [1.29, 1.82) is 0 Å². The molecule has 61 heavy (non-hydrogen) atoms. The topological polar surface area (TPSA) is 179 Å². The Morgan fingerprint density at radius 3 is 2.41 bits per heavy atom. The molecule has 1 saturated heterocycles. The maximum Gasteiger partial charge on any atom is 0.408 e. The van der Waals surface area contributed by atoms with Gasteiger partial charge in [-0.05, 0) is 110 Å². The van der Waals surface area contributed by atoms with Crippen molar-refractivity contribution in [1.82, 2.24) is 24.8 Å². The van der Waals surface area contributed by atoms with Gasteiger partial charge in [0.1, 0.15) is 22.7 Å². The highest BCUT2D eigenvalue weighted by molar-refractivity contribution is 7.13. The number of esters is 1. The second kappa shape index (κ2) is 22.9. The summed E-state index contributed by atoms with van der Waals surface area (Å²) in [7, 11) is 0. The normalized spacial score (nSPS) is 20.4. The molecule has 2 saturated carbocycles. The van der Waals surface area contributed by atoms with E-state index < -0.39 is 29.7 Å². The van der Waals surface area contributed by atoms with Crippen LogP contribution in [0.2, 0.25) is 0 Å². The molecule has 6 rings (SSSR count). The van der Waals surface area contributed by atoms with Crippen molar-refractivity contribution in [3.63, 3.8) is 0 Å². The van der Waals surface area contributed by atoms with Crippen molar-refractivity contribution >= 4 is 46.2 Å². The molecule has 3 heterocycles. The molecule has 3 aliphatic rings. The largest absolute Gasteiger partial charge is 0.466 e. The van der Waals surface area contributed by atoms with Crippen LogP contribution in [0.1, 0.15) is 143 Å². The number of carbonyl (C=O) groups excluding carboxylic acids is 4. The SMILES string of the molecule is C=CC1CC1C(=O)OCC.C=CCCCCC[C@H](NC(=O)OC(C)(C)C)C(=O)N1CCC(C)C1C(N)=O.CC(C)n1c(=O)[nH]c2c(-c3nc(C4CCCCC4)cs3)cccc21. The average Bonchev–Trinajstić information content (AvgIpc) is 3.46. The van der Waals surface area contributed by atoms with Crippen molar-refractivity contribution in [3.05, 3.63) is 65.1 Å². The number of carbonyl (C=O) groups is 4. The number of fused-ring (bicyclic) bond motifs is 1. The second-order valence-corrected chi connectivity index (χ2v) is 18.6. The van der Waals surface area contributed by atoms with E-state index in [-0.39, 0.29) is 35.4 Å². The number of nitrogens with one attached hydrogen (secondary N) is 2. The number of nitrogens with two attached hydrogens (primary N) is 1.